The smallest absolute Gasteiger partial charge is 0.118 e. The molecule has 7 heavy (non-hydrogen) atoms. The Morgan fingerprint density at radius 3 is 2.14 bits per heavy atom. The molecular weight excluding hydrogens is 106 g/mol. The van der Waals surface area contributed by atoms with Gasteiger partial charge in [0, 0.05) is 0 Å². The number of hydrogen-bond acceptors (Lipinski definition) is 3. The number of rotatable bonds is 0. The van der Waals surface area contributed by atoms with Gasteiger partial charge in [0.25, 0.3) is 0 Å². The third-order valence-electron chi connectivity index (χ3n) is 0.622. The summed E-state index contributed by atoms with van der Waals surface area (Å²) >= 11 is 0. The fraction of sp³-hybridized carbons (Fsp3) is 0. The lowest BCUT2D eigenvalue weighted by atomic mass is 11.1. The molecule has 0 atom stereocenters. The molecule has 0 aromatic carbocycles. The van der Waals surface area contributed by atoms with Gasteiger partial charge in [-0.1, -0.05) is 0 Å². The van der Waals surface area contributed by atoms with Crippen LogP contribution in [0.4, 0.5) is 0 Å². The van der Waals surface area contributed by atoms with Gasteiger partial charge >= 0.3 is 0 Å². The van der Waals surface area contributed by atoms with Crippen LogP contribution in [0, 0.1) is 0 Å². The molecule has 0 saturated carbocycles. The highest BCUT2D eigenvalue weighted by molar-refractivity contribution is 6.28. The van der Waals surface area contributed by atoms with Crippen molar-refractivity contribution in [1.82, 2.24) is 15.0 Å². The normalized spacial score (nSPS) is 9.14. The predicted octanol–water partition coefficient (Wildman–Crippen LogP) is -2.14. The minimum atomic E-state index is 0.898. The molecule has 0 amide bonds. The molecule has 0 saturated heterocycles. The average molecular weight is 111 g/mol. The highest BCUT2D eigenvalue weighted by Gasteiger charge is 1.75. The highest BCUT2D eigenvalue weighted by atomic mass is 28.1. The first-order valence-electron chi connectivity index (χ1n) is 1.98. The lowest BCUT2D eigenvalue weighted by Gasteiger charge is -1.81. The van der Waals surface area contributed by atoms with E-state index in [9.17, 15) is 0 Å². The molecule has 0 N–H and O–H groups in total. The molecule has 0 aliphatic rings. The van der Waals surface area contributed by atoms with E-state index in [4.69, 9.17) is 0 Å². The zero-order chi connectivity index (χ0) is 5.11. The molecule has 1 aromatic heterocycles. The summed E-state index contributed by atoms with van der Waals surface area (Å²) in [5.74, 6) is 0. The van der Waals surface area contributed by atoms with Crippen LogP contribution in [0.5, 0.6) is 0 Å². The SMILES string of the molecule is [SiH3]c1ncncn1. The summed E-state index contributed by atoms with van der Waals surface area (Å²) in [5.41, 5.74) is 0.898. The van der Waals surface area contributed by atoms with Crippen LogP contribution in [-0.4, -0.2) is 25.2 Å². The Kier molecular flexibility index (Phi) is 1.12. The van der Waals surface area contributed by atoms with E-state index in [1.54, 1.807) is 0 Å². The Balaban J connectivity index is 3.02. The summed E-state index contributed by atoms with van der Waals surface area (Å²) < 4.78 is 0. The molecule has 0 spiro atoms. The van der Waals surface area contributed by atoms with E-state index in [0.29, 0.717) is 0 Å². The molecule has 36 valence electrons. The topological polar surface area (TPSA) is 38.7 Å². The van der Waals surface area contributed by atoms with E-state index >= 15 is 0 Å². The Hall–Kier alpha value is -0.773. The molecule has 1 rings (SSSR count). The molecule has 0 aliphatic heterocycles. The van der Waals surface area contributed by atoms with Crippen molar-refractivity contribution in [3.8, 4) is 0 Å². The van der Waals surface area contributed by atoms with Crippen LogP contribution in [0.15, 0.2) is 12.7 Å². The zero-order valence-electron chi connectivity index (χ0n) is 4.00. The Bertz CT molecular complexity index is 140. The first-order valence-corrected chi connectivity index (χ1v) is 2.98. The monoisotopic (exact) mass is 111 g/mol. The third kappa shape index (κ3) is 1.04. The predicted molar refractivity (Wildman–Crippen MR) is 29.4 cm³/mol. The lowest BCUT2D eigenvalue weighted by molar-refractivity contribution is 1.09. The van der Waals surface area contributed by atoms with E-state index in [2.05, 4.69) is 15.0 Å². The van der Waals surface area contributed by atoms with E-state index < -0.39 is 0 Å². The van der Waals surface area contributed by atoms with Crippen molar-refractivity contribution < 1.29 is 0 Å². The maximum absolute atomic E-state index is 3.82. The number of nitrogens with zero attached hydrogens (tertiary/aromatic N) is 3. The first kappa shape index (κ1) is 4.39. The number of hydrogen-bond donors (Lipinski definition) is 0. The maximum Gasteiger partial charge on any atom is 0.118 e. The summed E-state index contributed by atoms with van der Waals surface area (Å²) in [7, 11) is 0.912. The molecule has 0 bridgehead atoms. The van der Waals surface area contributed by atoms with Gasteiger partial charge in [-0.15, -0.1) is 0 Å². The van der Waals surface area contributed by atoms with Crippen molar-refractivity contribution >= 4 is 15.7 Å². The standard InChI is InChI=1S/C3H5N3Si/c7-3-5-1-4-2-6-3/h1-2H,7H3. The Labute approximate surface area is 44.3 Å². The van der Waals surface area contributed by atoms with Gasteiger partial charge in [0.15, 0.2) is 0 Å². The van der Waals surface area contributed by atoms with Crippen LogP contribution in [0.3, 0.4) is 0 Å². The van der Waals surface area contributed by atoms with Crippen molar-refractivity contribution in [2.75, 3.05) is 0 Å². The van der Waals surface area contributed by atoms with Crippen LogP contribution in [0.25, 0.3) is 0 Å². The van der Waals surface area contributed by atoms with Crippen molar-refractivity contribution in [3.63, 3.8) is 0 Å². The molecule has 1 aromatic rings. The minimum Gasteiger partial charge on any atom is -0.228 e. The second-order valence-corrected chi connectivity index (χ2v) is 2.08. The van der Waals surface area contributed by atoms with Gasteiger partial charge in [0.05, 0.1) is 15.7 Å². The molecule has 0 unspecified atom stereocenters. The van der Waals surface area contributed by atoms with Crippen LogP contribution in [0.2, 0.25) is 0 Å². The van der Waals surface area contributed by atoms with Crippen molar-refractivity contribution in [3.05, 3.63) is 12.7 Å². The molecule has 0 radical (unpaired) electrons. The summed E-state index contributed by atoms with van der Waals surface area (Å²) in [5, 5.41) is 0. The maximum atomic E-state index is 3.82. The third-order valence-corrected chi connectivity index (χ3v) is 1.14. The Morgan fingerprint density at radius 2 is 1.86 bits per heavy atom. The van der Waals surface area contributed by atoms with Gasteiger partial charge < -0.3 is 0 Å². The van der Waals surface area contributed by atoms with Gasteiger partial charge in [0.1, 0.15) is 12.7 Å². The van der Waals surface area contributed by atoms with Crippen LogP contribution in [-0.2, 0) is 0 Å². The summed E-state index contributed by atoms with van der Waals surface area (Å²) in [4.78, 5) is 11.3. The summed E-state index contributed by atoms with van der Waals surface area (Å²) in [6.07, 6.45) is 3.02. The second-order valence-electron chi connectivity index (χ2n) is 1.19. The van der Waals surface area contributed by atoms with E-state index in [0.717, 1.165) is 15.7 Å². The van der Waals surface area contributed by atoms with E-state index in [-0.39, 0.29) is 0 Å². The summed E-state index contributed by atoms with van der Waals surface area (Å²) in [6.45, 7) is 0. The van der Waals surface area contributed by atoms with Crippen molar-refractivity contribution in [2.45, 2.75) is 0 Å². The molecule has 4 heteroatoms. The highest BCUT2D eigenvalue weighted by Crippen LogP contribution is 1.54. The van der Waals surface area contributed by atoms with Gasteiger partial charge in [-0.25, -0.2) is 15.0 Å². The second kappa shape index (κ2) is 1.79. The Morgan fingerprint density at radius 1 is 1.29 bits per heavy atom. The summed E-state index contributed by atoms with van der Waals surface area (Å²) in [6, 6.07) is 0. The van der Waals surface area contributed by atoms with Crippen molar-refractivity contribution in [1.29, 1.82) is 0 Å². The van der Waals surface area contributed by atoms with Crippen LogP contribution in [0.1, 0.15) is 0 Å². The number of aromatic nitrogens is 3. The lowest BCUT2D eigenvalue weighted by Crippen LogP contribution is -2.11. The van der Waals surface area contributed by atoms with Crippen LogP contribution < -0.4 is 5.45 Å². The fourth-order valence-electron chi connectivity index (χ4n) is 0.297. The molecule has 0 aliphatic carbocycles. The van der Waals surface area contributed by atoms with Gasteiger partial charge in [-0.05, 0) is 0 Å². The molecule has 0 fully saturated rings. The molecule has 3 nitrogen and oxygen atoms in total. The molecular formula is C3H5N3Si. The van der Waals surface area contributed by atoms with Crippen LogP contribution >= 0.6 is 0 Å². The van der Waals surface area contributed by atoms with Gasteiger partial charge in [-0.2, -0.15) is 0 Å². The average Bonchev–Trinajstić information content (AvgIpc) is 1.69. The zero-order valence-corrected chi connectivity index (χ0v) is 6.00. The quantitative estimate of drug-likeness (QED) is 0.359. The largest absolute Gasteiger partial charge is 0.228 e. The minimum absolute atomic E-state index is 0.898. The van der Waals surface area contributed by atoms with E-state index in [1.807, 2.05) is 0 Å². The fourth-order valence-corrected chi connectivity index (χ4v) is 0.528. The van der Waals surface area contributed by atoms with Gasteiger partial charge in [0.2, 0.25) is 0 Å². The first-order chi connectivity index (χ1) is 3.39. The van der Waals surface area contributed by atoms with Crippen molar-refractivity contribution in [2.24, 2.45) is 0 Å². The van der Waals surface area contributed by atoms with Gasteiger partial charge in [-0.3, -0.25) is 0 Å². The van der Waals surface area contributed by atoms with E-state index in [1.165, 1.54) is 12.7 Å². The molecule has 1 heterocycles.